The Balaban J connectivity index is 1.81. The number of benzene rings is 1. The first-order valence-corrected chi connectivity index (χ1v) is 9.96. The molecule has 0 saturated heterocycles. The Morgan fingerprint density at radius 1 is 1.00 bits per heavy atom. The van der Waals surface area contributed by atoms with E-state index in [9.17, 15) is 19.2 Å². The summed E-state index contributed by atoms with van der Waals surface area (Å²) in [7, 11) is 0. The number of nitrogens with zero attached hydrogens (tertiary/aromatic N) is 1. The Hall–Kier alpha value is -3.95. The summed E-state index contributed by atoms with van der Waals surface area (Å²) < 4.78 is 6.69. The third kappa shape index (κ3) is 8.42. The van der Waals surface area contributed by atoms with Crippen molar-refractivity contribution in [3.63, 3.8) is 0 Å². The summed E-state index contributed by atoms with van der Waals surface area (Å²) in [5.41, 5.74) is 1.28. The number of hydrogen-bond donors (Lipinski definition) is 4. The maximum atomic E-state index is 12.2. The number of amides is 2. The molecule has 1 aromatic heterocycles. The number of carbonyl (C=O) groups excluding carboxylic acids is 2. The second-order valence-corrected chi connectivity index (χ2v) is 7.19. The summed E-state index contributed by atoms with van der Waals surface area (Å²) in [6.45, 7) is 1.79. The van der Waals surface area contributed by atoms with E-state index in [-0.39, 0.29) is 31.2 Å². The first kappa shape index (κ1) is 24.3. The second-order valence-electron chi connectivity index (χ2n) is 7.19. The van der Waals surface area contributed by atoms with Gasteiger partial charge in [0.25, 0.3) is 12.6 Å². The quantitative estimate of drug-likeness (QED) is 0.383. The van der Waals surface area contributed by atoms with E-state index >= 15 is 0 Å². The number of carbonyl (C=O) groups is 4. The highest BCUT2D eigenvalue weighted by molar-refractivity contribution is 5.96. The summed E-state index contributed by atoms with van der Waals surface area (Å²) in [6, 6.07) is 11.2. The highest BCUT2D eigenvalue weighted by Gasteiger charge is 2.22. The lowest BCUT2D eigenvalue weighted by Gasteiger charge is -2.13. The van der Waals surface area contributed by atoms with Gasteiger partial charge in [0.05, 0.1) is 5.56 Å². The number of rotatable bonds is 11. The molecule has 4 N–H and O–H groups in total. The number of nitrogens with one attached hydrogen (secondary N) is 2. The molecule has 170 valence electrons. The fourth-order valence-corrected chi connectivity index (χ4v) is 2.86. The van der Waals surface area contributed by atoms with Crippen LogP contribution in [0.4, 0.5) is 4.79 Å². The molecule has 1 heterocycles. The summed E-state index contributed by atoms with van der Waals surface area (Å²) in [6.07, 6.45) is 2.48. The van der Waals surface area contributed by atoms with Crippen molar-refractivity contribution in [2.75, 3.05) is 0 Å². The lowest BCUT2D eigenvalue weighted by atomic mass is 10.1. The molecule has 10 nitrogen and oxygen atoms in total. The summed E-state index contributed by atoms with van der Waals surface area (Å²) in [5.74, 6) is -3.11. The van der Waals surface area contributed by atoms with Crippen molar-refractivity contribution in [3.8, 4) is 0 Å². The van der Waals surface area contributed by atoms with E-state index in [0.29, 0.717) is 6.42 Å². The molecule has 0 aliphatic heterocycles. The molecule has 10 heteroatoms. The monoisotopic (exact) mass is 444 g/mol. The SMILES string of the molecule is C[C@@H](Cc1ccccc1)NC(=O)OC[n+]1ccc(C(=O)N[C@@H](CCC(=O)O)C(=O)O)cc1. The van der Waals surface area contributed by atoms with Crippen LogP contribution in [0, 0.1) is 0 Å². The van der Waals surface area contributed by atoms with Crippen LogP contribution in [0.5, 0.6) is 0 Å². The second kappa shape index (κ2) is 12.0. The van der Waals surface area contributed by atoms with Crippen LogP contribution >= 0.6 is 0 Å². The fourth-order valence-electron chi connectivity index (χ4n) is 2.86. The van der Waals surface area contributed by atoms with Gasteiger partial charge in [0.1, 0.15) is 6.04 Å². The third-order valence-electron chi connectivity index (χ3n) is 4.50. The number of ether oxygens (including phenoxy) is 1. The van der Waals surface area contributed by atoms with Crippen LogP contribution in [0.1, 0.15) is 35.7 Å². The van der Waals surface area contributed by atoms with Crippen LogP contribution in [-0.2, 0) is 27.5 Å². The Bertz CT molecular complexity index is 932. The zero-order valence-corrected chi connectivity index (χ0v) is 17.6. The summed E-state index contributed by atoms with van der Waals surface area (Å²) in [4.78, 5) is 46.0. The molecule has 0 radical (unpaired) electrons. The van der Waals surface area contributed by atoms with Gasteiger partial charge in [-0.2, -0.15) is 4.57 Å². The number of carboxylic acid groups (broad SMARTS) is 2. The van der Waals surface area contributed by atoms with Gasteiger partial charge in [0.15, 0.2) is 12.4 Å². The van der Waals surface area contributed by atoms with Crippen LogP contribution in [0.2, 0.25) is 0 Å². The maximum Gasteiger partial charge on any atom is 0.412 e. The molecule has 0 aliphatic rings. The van der Waals surface area contributed by atoms with Crippen molar-refractivity contribution in [2.45, 2.75) is 45.0 Å². The van der Waals surface area contributed by atoms with E-state index in [1.807, 2.05) is 37.3 Å². The third-order valence-corrected chi connectivity index (χ3v) is 4.50. The summed E-state index contributed by atoms with van der Waals surface area (Å²) >= 11 is 0. The highest BCUT2D eigenvalue weighted by atomic mass is 16.6. The average Bonchev–Trinajstić information content (AvgIpc) is 2.75. The van der Waals surface area contributed by atoms with Crippen LogP contribution < -0.4 is 15.2 Å². The van der Waals surface area contributed by atoms with E-state index < -0.39 is 30.0 Å². The molecule has 0 saturated carbocycles. The molecule has 0 spiro atoms. The Labute approximate surface area is 184 Å². The molecule has 1 aromatic carbocycles. The van der Waals surface area contributed by atoms with E-state index in [1.165, 1.54) is 29.1 Å². The van der Waals surface area contributed by atoms with Gasteiger partial charge < -0.3 is 25.6 Å². The molecule has 0 unspecified atom stereocenters. The topological polar surface area (TPSA) is 146 Å². The lowest BCUT2D eigenvalue weighted by Crippen LogP contribution is -2.42. The van der Waals surface area contributed by atoms with Crippen LogP contribution in [0.15, 0.2) is 54.9 Å². The predicted molar refractivity (Wildman–Crippen MR) is 112 cm³/mol. The van der Waals surface area contributed by atoms with Crippen molar-refractivity contribution >= 4 is 23.9 Å². The maximum absolute atomic E-state index is 12.2. The minimum absolute atomic E-state index is 0.0812. The van der Waals surface area contributed by atoms with Gasteiger partial charge in [0, 0.05) is 24.6 Å². The Kier molecular flexibility index (Phi) is 9.15. The zero-order chi connectivity index (χ0) is 23.5. The van der Waals surface area contributed by atoms with Gasteiger partial charge in [-0.15, -0.1) is 0 Å². The lowest BCUT2D eigenvalue weighted by molar-refractivity contribution is -0.727. The van der Waals surface area contributed by atoms with Crippen molar-refractivity contribution < 1.29 is 38.7 Å². The number of aliphatic carboxylic acids is 2. The van der Waals surface area contributed by atoms with Crippen molar-refractivity contribution in [3.05, 3.63) is 66.0 Å². The molecule has 2 atom stereocenters. The van der Waals surface area contributed by atoms with Gasteiger partial charge in [0.2, 0.25) is 0 Å². The van der Waals surface area contributed by atoms with E-state index in [2.05, 4.69) is 10.6 Å². The number of hydrogen-bond acceptors (Lipinski definition) is 5. The molecule has 0 aliphatic carbocycles. The van der Waals surface area contributed by atoms with Gasteiger partial charge >= 0.3 is 18.0 Å². The highest BCUT2D eigenvalue weighted by Crippen LogP contribution is 2.04. The number of aromatic nitrogens is 1. The minimum atomic E-state index is -1.31. The van der Waals surface area contributed by atoms with E-state index in [1.54, 1.807) is 0 Å². The largest absolute Gasteiger partial charge is 0.481 e. The van der Waals surface area contributed by atoms with Gasteiger partial charge in [-0.1, -0.05) is 30.3 Å². The Morgan fingerprint density at radius 2 is 1.66 bits per heavy atom. The molecule has 32 heavy (non-hydrogen) atoms. The number of pyridine rings is 1. The molecule has 2 rings (SSSR count). The molecular formula is C22H26N3O7+. The minimum Gasteiger partial charge on any atom is -0.481 e. The molecule has 2 aromatic rings. The van der Waals surface area contributed by atoms with Gasteiger partial charge in [-0.05, 0) is 25.3 Å². The molecule has 2 amide bonds. The molecular weight excluding hydrogens is 418 g/mol. The molecule has 0 fully saturated rings. The van der Waals surface area contributed by atoms with E-state index in [4.69, 9.17) is 14.9 Å². The van der Waals surface area contributed by atoms with Crippen LogP contribution in [0.25, 0.3) is 0 Å². The van der Waals surface area contributed by atoms with E-state index in [0.717, 1.165) is 5.56 Å². The van der Waals surface area contributed by atoms with Crippen LogP contribution in [0.3, 0.4) is 0 Å². The first-order valence-electron chi connectivity index (χ1n) is 9.96. The Morgan fingerprint density at radius 3 is 2.25 bits per heavy atom. The van der Waals surface area contributed by atoms with Crippen molar-refractivity contribution in [1.82, 2.24) is 10.6 Å². The smallest absolute Gasteiger partial charge is 0.412 e. The predicted octanol–water partition coefficient (Wildman–Crippen LogP) is 1.34. The standard InChI is InChI=1S/C22H25N3O7/c1-15(13-16-5-3-2-4-6-16)23-22(31)32-14-25-11-9-17(10-12-25)20(28)24-18(21(29)30)7-8-19(26)27/h2-6,9-12,15,18H,7-8,13-14H2,1H3,(H3-,23,24,26,27,28,29,30,31)/p+1/t15-,18-/m0/s1. The van der Waals surface area contributed by atoms with Crippen molar-refractivity contribution in [2.24, 2.45) is 0 Å². The number of alkyl carbamates (subject to hydrolysis) is 1. The number of carboxylic acids is 2. The van der Waals surface area contributed by atoms with Crippen molar-refractivity contribution in [1.29, 1.82) is 0 Å². The van der Waals surface area contributed by atoms with Crippen LogP contribution in [-0.4, -0.2) is 46.2 Å². The van der Waals surface area contributed by atoms with Gasteiger partial charge in [-0.25, -0.2) is 9.59 Å². The zero-order valence-electron chi connectivity index (χ0n) is 17.6. The molecule has 0 bridgehead atoms. The first-order chi connectivity index (χ1) is 15.2. The average molecular weight is 444 g/mol. The fraction of sp³-hybridized carbons (Fsp3) is 0.318. The van der Waals surface area contributed by atoms with Gasteiger partial charge in [-0.3, -0.25) is 9.59 Å². The normalized spacial score (nSPS) is 12.3. The summed E-state index contributed by atoms with van der Waals surface area (Å²) in [5, 5.41) is 22.8.